The van der Waals surface area contributed by atoms with Crippen LogP contribution in [0.5, 0.6) is 0 Å². The third-order valence-corrected chi connectivity index (χ3v) is 3.12. The predicted octanol–water partition coefficient (Wildman–Crippen LogP) is 4.16. The summed E-state index contributed by atoms with van der Waals surface area (Å²) in [5, 5.41) is 7.12. The van der Waals surface area contributed by atoms with E-state index in [4.69, 9.17) is 12.2 Å². The van der Waals surface area contributed by atoms with Gasteiger partial charge in [0.25, 0.3) is 0 Å². The van der Waals surface area contributed by atoms with Crippen molar-refractivity contribution in [2.45, 2.75) is 40.0 Å². The lowest BCUT2D eigenvalue weighted by Crippen LogP contribution is -2.31. The van der Waals surface area contributed by atoms with Gasteiger partial charge in [0.2, 0.25) is 0 Å². The average Bonchev–Trinajstić information content (AvgIpc) is 2.27. The fourth-order valence-corrected chi connectivity index (χ4v) is 2.02. The van der Waals surface area contributed by atoms with Crippen LogP contribution in [-0.4, -0.2) is 11.7 Å². The normalized spacial score (nSPS) is 11.0. The molecule has 0 saturated carbocycles. The summed E-state index contributed by atoms with van der Waals surface area (Å²) in [6.45, 7) is 15.2. The van der Waals surface area contributed by atoms with Crippen molar-refractivity contribution in [2.24, 2.45) is 0 Å². The lowest BCUT2D eigenvalue weighted by molar-refractivity contribution is 0.592. The standard InChI is InChI=1S/C16H24N2S/c1-11(2)10-17-15(19)18-14-12(3)8-7-9-13(14)16(4,5)6/h7-9H,1,10H2,2-6H3,(H2,17,18,19). The van der Waals surface area contributed by atoms with Crippen molar-refractivity contribution < 1.29 is 0 Å². The Morgan fingerprint density at radius 3 is 2.47 bits per heavy atom. The topological polar surface area (TPSA) is 24.1 Å². The maximum Gasteiger partial charge on any atom is 0.171 e. The van der Waals surface area contributed by atoms with Gasteiger partial charge in [-0.1, -0.05) is 51.1 Å². The molecule has 0 fully saturated rings. The van der Waals surface area contributed by atoms with Crippen molar-refractivity contribution in [3.05, 3.63) is 41.5 Å². The first-order chi connectivity index (χ1) is 8.71. The number of para-hydroxylation sites is 1. The molecule has 0 unspecified atom stereocenters. The molecule has 3 heteroatoms. The van der Waals surface area contributed by atoms with Crippen LogP contribution in [0.1, 0.15) is 38.8 Å². The van der Waals surface area contributed by atoms with E-state index in [-0.39, 0.29) is 5.41 Å². The Morgan fingerprint density at radius 1 is 1.32 bits per heavy atom. The van der Waals surface area contributed by atoms with E-state index in [9.17, 15) is 0 Å². The molecule has 0 aromatic heterocycles. The molecule has 19 heavy (non-hydrogen) atoms. The van der Waals surface area contributed by atoms with E-state index in [0.717, 1.165) is 11.3 Å². The number of benzene rings is 1. The molecule has 1 aromatic carbocycles. The zero-order chi connectivity index (χ0) is 14.6. The van der Waals surface area contributed by atoms with E-state index in [2.05, 4.69) is 63.1 Å². The average molecular weight is 276 g/mol. The maximum atomic E-state index is 5.33. The van der Waals surface area contributed by atoms with Gasteiger partial charge < -0.3 is 10.6 Å². The number of hydrogen-bond acceptors (Lipinski definition) is 1. The Balaban J connectivity index is 2.94. The molecule has 0 saturated heterocycles. The molecule has 0 aliphatic carbocycles. The Morgan fingerprint density at radius 2 is 1.95 bits per heavy atom. The molecule has 0 heterocycles. The third-order valence-electron chi connectivity index (χ3n) is 2.87. The van der Waals surface area contributed by atoms with Gasteiger partial charge in [-0.25, -0.2) is 0 Å². The van der Waals surface area contributed by atoms with Gasteiger partial charge in [0.05, 0.1) is 0 Å². The summed E-state index contributed by atoms with van der Waals surface area (Å²) in [5.74, 6) is 0. The van der Waals surface area contributed by atoms with Crippen molar-refractivity contribution in [1.29, 1.82) is 0 Å². The highest BCUT2D eigenvalue weighted by Crippen LogP contribution is 2.31. The Labute approximate surface area is 122 Å². The second kappa shape index (κ2) is 6.20. The molecule has 2 nitrogen and oxygen atoms in total. The summed E-state index contributed by atoms with van der Waals surface area (Å²) in [6.07, 6.45) is 0. The molecule has 0 spiro atoms. The Kier molecular flexibility index (Phi) is 5.12. The van der Waals surface area contributed by atoms with Crippen LogP contribution in [0.4, 0.5) is 5.69 Å². The number of hydrogen-bond donors (Lipinski definition) is 2. The van der Waals surface area contributed by atoms with Crippen molar-refractivity contribution in [1.82, 2.24) is 5.32 Å². The molecule has 0 aliphatic rings. The van der Waals surface area contributed by atoms with Gasteiger partial charge in [-0.2, -0.15) is 0 Å². The van der Waals surface area contributed by atoms with E-state index in [1.807, 2.05) is 6.92 Å². The smallest absolute Gasteiger partial charge is 0.171 e. The quantitative estimate of drug-likeness (QED) is 0.640. The summed E-state index contributed by atoms with van der Waals surface area (Å²) in [7, 11) is 0. The van der Waals surface area contributed by atoms with Crippen molar-refractivity contribution >= 4 is 23.0 Å². The van der Waals surface area contributed by atoms with E-state index >= 15 is 0 Å². The predicted molar refractivity (Wildman–Crippen MR) is 88.9 cm³/mol. The first kappa shape index (κ1) is 15.7. The minimum Gasteiger partial charge on any atom is -0.359 e. The zero-order valence-electron chi connectivity index (χ0n) is 12.6. The summed E-state index contributed by atoms with van der Waals surface area (Å²) in [4.78, 5) is 0. The number of aryl methyl sites for hydroxylation is 1. The second-order valence-corrected chi connectivity index (χ2v) is 6.42. The largest absolute Gasteiger partial charge is 0.359 e. The summed E-state index contributed by atoms with van der Waals surface area (Å²) in [5.41, 5.74) is 4.72. The molecule has 0 amide bonds. The maximum absolute atomic E-state index is 5.33. The molecule has 1 rings (SSSR count). The summed E-state index contributed by atoms with van der Waals surface area (Å²) < 4.78 is 0. The van der Waals surface area contributed by atoms with E-state index in [1.165, 1.54) is 11.1 Å². The summed E-state index contributed by atoms with van der Waals surface area (Å²) >= 11 is 5.33. The molecular formula is C16H24N2S. The molecule has 2 N–H and O–H groups in total. The molecule has 1 aromatic rings. The van der Waals surface area contributed by atoms with Gasteiger partial charge >= 0.3 is 0 Å². The zero-order valence-corrected chi connectivity index (χ0v) is 13.4. The molecule has 104 valence electrons. The highest BCUT2D eigenvalue weighted by molar-refractivity contribution is 7.80. The van der Waals surface area contributed by atoms with Crippen LogP contribution >= 0.6 is 12.2 Å². The van der Waals surface area contributed by atoms with E-state index in [0.29, 0.717) is 11.7 Å². The highest BCUT2D eigenvalue weighted by Gasteiger charge is 2.19. The van der Waals surface area contributed by atoms with Crippen molar-refractivity contribution in [3.8, 4) is 0 Å². The monoisotopic (exact) mass is 276 g/mol. The molecule has 0 bridgehead atoms. The minimum absolute atomic E-state index is 0.0817. The van der Waals surface area contributed by atoms with Crippen LogP contribution in [-0.2, 0) is 5.41 Å². The van der Waals surface area contributed by atoms with Crippen molar-refractivity contribution in [2.75, 3.05) is 11.9 Å². The summed E-state index contributed by atoms with van der Waals surface area (Å²) in [6, 6.07) is 6.33. The fourth-order valence-electron chi connectivity index (χ4n) is 1.85. The second-order valence-electron chi connectivity index (χ2n) is 6.01. The molecule has 0 radical (unpaired) electrons. The lowest BCUT2D eigenvalue weighted by atomic mass is 9.84. The number of anilines is 1. The third kappa shape index (κ3) is 4.67. The van der Waals surface area contributed by atoms with Gasteiger partial charge in [0, 0.05) is 12.2 Å². The van der Waals surface area contributed by atoms with Gasteiger partial charge in [0.15, 0.2) is 5.11 Å². The molecular weight excluding hydrogens is 252 g/mol. The number of nitrogens with one attached hydrogen (secondary N) is 2. The molecule has 0 atom stereocenters. The Hall–Kier alpha value is -1.35. The van der Waals surface area contributed by atoms with Crippen LogP contribution in [0.2, 0.25) is 0 Å². The van der Waals surface area contributed by atoms with Crippen molar-refractivity contribution in [3.63, 3.8) is 0 Å². The minimum atomic E-state index is 0.0817. The van der Waals surface area contributed by atoms with Crippen LogP contribution in [0.3, 0.4) is 0 Å². The van der Waals surface area contributed by atoms with Gasteiger partial charge in [0.1, 0.15) is 0 Å². The van der Waals surface area contributed by atoms with Crippen LogP contribution in [0.15, 0.2) is 30.4 Å². The fraction of sp³-hybridized carbons (Fsp3) is 0.438. The molecule has 0 aliphatic heterocycles. The SMILES string of the molecule is C=C(C)CNC(=S)Nc1c(C)cccc1C(C)(C)C. The van der Waals surface area contributed by atoms with Crippen LogP contribution in [0, 0.1) is 6.92 Å². The highest BCUT2D eigenvalue weighted by atomic mass is 32.1. The van der Waals surface area contributed by atoms with E-state index in [1.54, 1.807) is 0 Å². The first-order valence-corrected chi connectivity index (χ1v) is 6.92. The first-order valence-electron chi connectivity index (χ1n) is 6.51. The van der Waals surface area contributed by atoms with Gasteiger partial charge in [-0.15, -0.1) is 0 Å². The van der Waals surface area contributed by atoms with E-state index < -0.39 is 0 Å². The van der Waals surface area contributed by atoms with Gasteiger partial charge in [-0.3, -0.25) is 0 Å². The number of rotatable bonds is 3. The van der Waals surface area contributed by atoms with Gasteiger partial charge in [-0.05, 0) is 42.6 Å². The number of thiocarbonyl (C=S) groups is 1. The lowest BCUT2D eigenvalue weighted by Gasteiger charge is -2.25. The van der Waals surface area contributed by atoms with Crippen LogP contribution in [0.25, 0.3) is 0 Å². The van der Waals surface area contributed by atoms with Crippen LogP contribution < -0.4 is 10.6 Å². The Bertz CT molecular complexity index is 484.